The zero-order chi connectivity index (χ0) is 15.2. The van der Waals surface area contributed by atoms with Crippen LogP contribution in [0.2, 0.25) is 0 Å². The van der Waals surface area contributed by atoms with Crippen molar-refractivity contribution >= 4 is 22.8 Å². The Morgan fingerprint density at radius 3 is 3.00 bits per heavy atom. The number of rotatable bonds is 4. The molecule has 1 aliphatic carbocycles. The van der Waals surface area contributed by atoms with Gasteiger partial charge in [-0.05, 0) is 31.7 Å². The van der Waals surface area contributed by atoms with E-state index < -0.39 is 0 Å². The molecule has 0 bridgehead atoms. The van der Waals surface area contributed by atoms with Crippen LogP contribution < -0.4 is 10.2 Å². The van der Waals surface area contributed by atoms with Crippen molar-refractivity contribution in [3.05, 3.63) is 18.6 Å². The molecule has 2 aromatic rings. The van der Waals surface area contributed by atoms with Crippen LogP contribution in [0.1, 0.15) is 32.6 Å². The van der Waals surface area contributed by atoms with E-state index in [4.69, 9.17) is 0 Å². The molecule has 0 unspecified atom stereocenters. The lowest BCUT2D eigenvalue weighted by Gasteiger charge is -2.49. The van der Waals surface area contributed by atoms with E-state index in [2.05, 4.69) is 32.1 Å². The molecule has 4 rings (SSSR count). The molecular weight excluding hydrogens is 278 g/mol. The topological polar surface area (TPSA) is 73.9 Å². The number of aromatic amines is 1. The second-order valence-corrected chi connectivity index (χ2v) is 6.90. The average Bonchev–Trinajstić information content (AvgIpc) is 2.88. The highest BCUT2D eigenvalue weighted by Crippen LogP contribution is 2.32. The number of H-pyrrole nitrogens is 1. The van der Waals surface area contributed by atoms with E-state index in [0.29, 0.717) is 12.3 Å². The molecule has 1 saturated carbocycles. The van der Waals surface area contributed by atoms with Crippen LogP contribution in [0.5, 0.6) is 0 Å². The van der Waals surface area contributed by atoms with Gasteiger partial charge in [-0.2, -0.15) is 0 Å². The van der Waals surface area contributed by atoms with Gasteiger partial charge in [-0.25, -0.2) is 9.97 Å². The fourth-order valence-corrected chi connectivity index (χ4v) is 3.48. The third-order valence-corrected chi connectivity index (χ3v) is 4.85. The minimum Gasteiger partial charge on any atom is -0.351 e. The van der Waals surface area contributed by atoms with E-state index in [1.165, 1.54) is 19.3 Å². The molecule has 116 valence electrons. The smallest absolute Gasteiger partial charge is 0.220 e. The molecule has 6 nitrogen and oxygen atoms in total. The van der Waals surface area contributed by atoms with E-state index in [9.17, 15) is 4.79 Å². The van der Waals surface area contributed by atoms with E-state index in [1.54, 1.807) is 6.33 Å². The van der Waals surface area contributed by atoms with Crippen molar-refractivity contribution < 1.29 is 4.79 Å². The van der Waals surface area contributed by atoms with Crippen molar-refractivity contribution in [2.75, 3.05) is 18.0 Å². The van der Waals surface area contributed by atoms with E-state index in [-0.39, 0.29) is 11.4 Å². The largest absolute Gasteiger partial charge is 0.351 e. The number of fused-ring (bicyclic) bond motifs is 1. The molecule has 22 heavy (non-hydrogen) atoms. The van der Waals surface area contributed by atoms with Gasteiger partial charge in [-0.1, -0.05) is 6.42 Å². The van der Waals surface area contributed by atoms with Crippen LogP contribution in [0.3, 0.4) is 0 Å². The lowest BCUT2D eigenvalue weighted by Crippen LogP contribution is -2.69. The lowest BCUT2D eigenvalue weighted by molar-refractivity contribution is -0.124. The molecule has 3 heterocycles. The Hall–Kier alpha value is -2.11. The molecular formula is C16H21N5O. The number of anilines is 1. The van der Waals surface area contributed by atoms with Gasteiger partial charge < -0.3 is 15.2 Å². The molecule has 0 radical (unpaired) electrons. The minimum absolute atomic E-state index is 0.144. The summed E-state index contributed by atoms with van der Waals surface area (Å²) in [6.45, 7) is 3.69. The Balaban J connectivity index is 1.40. The Morgan fingerprint density at radius 1 is 1.45 bits per heavy atom. The van der Waals surface area contributed by atoms with Gasteiger partial charge in [0.15, 0.2) is 0 Å². The van der Waals surface area contributed by atoms with Gasteiger partial charge in [0.05, 0.1) is 10.9 Å². The van der Waals surface area contributed by atoms with E-state index in [1.807, 2.05) is 12.3 Å². The van der Waals surface area contributed by atoms with Gasteiger partial charge in [0.25, 0.3) is 0 Å². The third kappa shape index (κ3) is 2.32. The number of aromatic nitrogens is 3. The minimum atomic E-state index is -0.144. The number of hydrogen-bond acceptors (Lipinski definition) is 4. The van der Waals surface area contributed by atoms with E-state index in [0.717, 1.165) is 29.9 Å². The summed E-state index contributed by atoms with van der Waals surface area (Å²) >= 11 is 0. The summed E-state index contributed by atoms with van der Waals surface area (Å²) in [5.74, 6) is 1.75. The first kappa shape index (κ1) is 13.5. The van der Waals surface area contributed by atoms with Gasteiger partial charge >= 0.3 is 0 Å². The Kier molecular flexibility index (Phi) is 3.06. The highest BCUT2D eigenvalue weighted by atomic mass is 16.1. The van der Waals surface area contributed by atoms with Crippen LogP contribution in [-0.2, 0) is 4.79 Å². The van der Waals surface area contributed by atoms with Gasteiger partial charge in [-0.3, -0.25) is 4.79 Å². The fraction of sp³-hybridized carbons (Fsp3) is 0.562. The van der Waals surface area contributed by atoms with Crippen LogP contribution in [0, 0.1) is 5.92 Å². The molecule has 2 aromatic heterocycles. The van der Waals surface area contributed by atoms with E-state index >= 15 is 0 Å². The van der Waals surface area contributed by atoms with Crippen LogP contribution in [0.25, 0.3) is 11.0 Å². The van der Waals surface area contributed by atoms with Gasteiger partial charge in [0.2, 0.25) is 5.91 Å². The van der Waals surface area contributed by atoms with Gasteiger partial charge in [-0.15, -0.1) is 0 Å². The fourth-order valence-electron chi connectivity index (χ4n) is 3.48. The maximum Gasteiger partial charge on any atom is 0.220 e. The highest BCUT2D eigenvalue weighted by Gasteiger charge is 2.41. The molecule has 0 spiro atoms. The number of hydrogen-bond donors (Lipinski definition) is 2. The predicted octanol–water partition coefficient (Wildman–Crippen LogP) is 1.84. The highest BCUT2D eigenvalue weighted by molar-refractivity contribution is 5.88. The summed E-state index contributed by atoms with van der Waals surface area (Å²) in [7, 11) is 0. The van der Waals surface area contributed by atoms with Crippen LogP contribution >= 0.6 is 0 Å². The van der Waals surface area contributed by atoms with Crippen molar-refractivity contribution in [1.82, 2.24) is 20.3 Å². The zero-order valence-electron chi connectivity index (χ0n) is 12.8. The Bertz CT molecular complexity index is 699. The molecule has 2 aliphatic rings. The lowest BCUT2D eigenvalue weighted by atomic mass is 9.82. The number of nitrogens with zero attached hydrogens (tertiary/aromatic N) is 3. The SMILES string of the molecule is CC1(NC(=O)CC2CCC2)CN(c2ncnc3[nH]ccc23)C1. The first-order valence-corrected chi connectivity index (χ1v) is 7.97. The predicted molar refractivity (Wildman–Crippen MR) is 84.6 cm³/mol. The summed E-state index contributed by atoms with van der Waals surface area (Å²) in [4.78, 5) is 26.0. The molecule has 0 atom stereocenters. The van der Waals surface area contributed by atoms with Crippen LogP contribution in [0.4, 0.5) is 5.82 Å². The van der Waals surface area contributed by atoms with Crippen molar-refractivity contribution in [2.45, 2.75) is 38.1 Å². The number of amides is 1. The first-order chi connectivity index (χ1) is 10.6. The third-order valence-electron chi connectivity index (χ3n) is 4.85. The Labute approximate surface area is 129 Å². The average molecular weight is 299 g/mol. The first-order valence-electron chi connectivity index (χ1n) is 7.97. The van der Waals surface area contributed by atoms with Crippen molar-refractivity contribution in [1.29, 1.82) is 0 Å². The number of carbonyl (C=O) groups excluding carboxylic acids is 1. The zero-order valence-corrected chi connectivity index (χ0v) is 12.8. The van der Waals surface area contributed by atoms with Crippen LogP contribution in [-0.4, -0.2) is 39.5 Å². The molecule has 2 fully saturated rings. The van der Waals surface area contributed by atoms with Crippen molar-refractivity contribution in [3.63, 3.8) is 0 Å². The molecule has 2 N–H and O–H groups in total. The maximum atomic E-state index is 12.1. The molecule has 1 saturated heterocycles. The molecule has 1 aliphatic heterocycles. The number of nitrogens with one attached hydrogen (secondary N) is 2. The summed E-state index contributed by atoms with van der Waals surface area (Å²) in [5, 5.41) is 4.23. The normalized spacial score (nSPS) is 20.5. The summed E-state index contributed by atoms with van der Waals surface area (Å²) in [5.41, 5.74) is 0.710. The standard InChI is InChI=1S/C16H21N5O/c1-16(20-13(22)7-11-3-2-4-11)8-21(9-16)15-12-5-6-17-14(12)18-10-19-15/h5-6,10-11H,2-4,7-9H2,1H3,(H,20,22)(H,17,18,19). The summed E-state index contributed by atoms with van der Waals surface area (Å²) in [6.07, 6.45) is 7.85. The maximum absolute atomic E-state index is 12.1. The summed E-state index contributed by atoms with van der Waals surface area (Å²) in [6, 6.07) is 2.00. The number of carbonyl (C=O) groups is 1. The van der Waals surface area contributed by atoms with Gasteiger partial charge in [0, 0.05) is 25.7 Å². The molecule has 1 amide bonds. The van der Waals surface area contributed by atoms with Crippen molar-refractivity contribution in [3.8, 4) is 0 Å². The second-order valence-electron chi connectivity index (χ2n) is 6.90. The Morgan fingerprint density at radius 2 is 2.27 bits per heavy atom. The molecule has 6 heteroatoms. The van der Waals surface area contributed by atoms with Crippen LogP contribution in [0.15, 0.2) is 18.6 Å². The molecule has 0 aromatic carbocycles. The summed E-state index contributed by atoms with van der Waals surface area (Å²) < 4.78 is 0. The van der Waals surface area contributed by atoms with Crippen molar-refractivity contribution in [2.24, 2.45) is 5.92 Å². The van der Waals surface area contributed by atoms with Gasteiger partial charge in [0.1, 0.15) is 17.8 Å². The second kappa shape index (κ2) is 4.97. The monoisotopic (exact) mass is 299 g/mol. The quantitative estimate of drug-likeness (QED) is 0.903.